The normalized spacial score (nSPS) is 12.4. The number of amides is 1. The summed E-state index contributed by atoms with van der Waals surface area (Å²) >= 11 is 7.31. The maximum absolute atomic E-state index is 12.7. The van der Waals surface area contributed by atoms with Gasteiger partial charge in [0, 0.05) is 16.0 Å². The lowest BCUT2D eigenvalue weighted by molar-refractivity contribution is -0.140. The van der Waals surface area contributed by atoms with Gasteiger partial charge in [0.15, 0.2) is 5.13 Å². The van der Waals surface area contributed by atoms with Gasteiger partial charge in [0.1, 0.15) is 0 Å². The van der Waals surface area contributed by atoms with E-state index in [-0.39, 0.29) is 11.6 Å². The summed E-state index contributed by atoms with van der Waals surface area (Å²) in [4.78, 5) is 28.2. The fourth-order valence-corrected chi connectivity index (χ4v) is 3.86. The summed E-state index contributed by atoms with van der Waals surface area (Å²) < 4.78 is 38.2. The van der Waals surface area contributed by atoms with Gasteiger partial charge < -0.3 is 10.4 Å². The number of benzene rings is 2. The number of rotatable bonds is 7. The summed E-state index contributed by atoms with van der Waals surface area (Å²) in [6.07, 6.45) is -4.98. The highest BCUT2D eigenvalue weighted by Gasteiger charge is 2.30. The zero-order chi connectivity index (χ0) is 22.6. The average Bonchev–Trinajstić information content (AvgIpc) is 3.15. The minimum Gasteiger partial charge on any atom is -0.481 e. The van der Waals surface area contributed by atoms with Crippen LogP contribution in [-0.4, -0.2) is 22.0 Å². The molecule has 1 heterocycles. The smallest absolute Gasteiger partial charge is 0.416 e. The highest BCUT2D eigenvalue weighted by molar-refractivity contribution is 7.14. The van der Waals surface area contributed by atoms with Gasteiger partial charge in [-0.1, -0.05) is 41.9 Å². The van der Waals surface area contributed by atoms with E-state index in [1.807, 2.05) is 0 Å². The van der Waals surface area contributed by atoms with Gasteiger partial charge in [0.25, 0.3) is 0 Å². The van der Waals surface area contributed by atoms with Gasteiger partial charge in [-0.3, -0.25) is 9.59 Å². The van der Waals surface area contributed by atoms with E-state index in [0.717, 1.165) is 23.5 Å². The van der Waals surface area contributed by atoms with Crippen LogP contribution in [0.2, 0.25) is 5.02 Å². The first-order valence-corrected chi connectivity index (χ1v) is 10.3. The van der Waals surface area contributed by atoms with Crippen LogP contribution in [0.4, 0.5) is 18.3 Å². The Kier molecular flexibility index (Phi) is 6.97. The maximum atomic E-state index is 12.7. The van der Waals surface area contributed by atoms with Crippen LogP contribution < -0.4 is 5.32 Å². The first kappa shape index (κ1) is 22.8. The largest absolute Gasteiger partial charge is 0.481 e. The highest BCUT2D eigenvalue weighted by Crippen LogP contribution is 2.31. The number of hydrogen-bond donors (Lipinski definition) is 2. The van der Waals surface area contributed by atoms with Crippen LogP contribution in [0, 0.1) is 5.92 Å². The number of nitrogens with zero attached hydrogens (tertiary/aromatic N) is 1. The molecule has 5 nitrogen and oxygen atoms in total. The number of carbonyl (C=O) groups excluding carboxylic acids is 1. The number of nitrogens with one attached hydrogen (secondary N) is 1. The van der Waals surface area contributed by atoms with E-state index in [1.54, 1.807) is 29.6 Å². The maximum Gasteiger partial charge on any atom is 0.416 e. The number of carbonyl (C=O) groups is 2. The number of halogens is 4. The van der Waals surface area contributed by atoms with Crippen LogP contribution in [0.15, 0.2) is 53.9 Å². The van der Waals surface area contributed by atoms with Crippen molar-refractivity contribution in [2.75, 3.05) is 5.32 Å². The number of carboxylic acids is 1. The van der Waals surface area contributed by atoms with Crippen molar-refractivity contribution in [1.82, 2.24) is 4.98 Å². The molecule has 3 aromatic rings. The monoisotopic (exact) mass is 468 g/mol. The molecule has 0 bridgehead atoms. The minimum absolute atomic E-state index is 0.0288. The standard InChI is InChI=1S/C21H16ClF3N2O3S/c22-16-4-2-1-3-15(16)17-11-31-20(26-17)27-19(30)13(10-18(28)29)9-12-5-7-14(8-6-12)21(23,24)25/h1-8,11,13H,9-10H2,(H,28,29)(H,26,27,30)/t13-/m1/s1. The predicted molar refractivity (Wildman–Crippen MR) is 112 cm³/mol. The van der Waals surface area contributed by atoms with Crippen molar-refractivity contribution in [1.29, 1.82) is 0 Å². The molecule has 1 aromatic heterocycles. The first-order valence-electron chi connectivity index (χ1n) is 9.02. The summed E-state index contributed by atoms with van der Waals surface area (Å²) in [6, 6.07) is 11.4. The highest BCUT2D eigenvalue weighted by atomic mass is 35.5. The SMILES string of the molecule is O=C(O)C[C@@H](Cc1ccc(C(F)(F)F)cc1)C(=O)Nc1nc(-c2ccccc2Cl)cs1. The number of thiazole rings is 1. The van der Waals surface area contributed by atoms with Crippen molar-refractivity contribution in [3.8, 4) is 11.3 Å². The Hall–Kier alpha value is -2.91. The number of alkyl halides is 3. The van der Waals surface area contributed by atoms with Crippen molar-refractivity contribution in [2.45, 2.75) is 19.0 Å². The van der Waals surface area contributed by atoms with E-state index in [9.17, 15) is 22.8 Å². The molecule has 1 amide bonds. The lowest BCUT2D eigenvalue weighted by atomic mass is 9.94. The van der Waals surface area contributed by atoms with Gasteiger partial charge in [0.05, 0.1) is 23.6 Å². The van der Waals surface area contributed by atoms with E-state index in [0.29, 0.717) is 21.8 Å². The number of aliphatic carboxylic acids is 1. The van der Waals surface area contributed by atoms with Crippen LogP contribution in [0.1, 0.15) is 17.5 Å². The number of anilines is 1. The molecule has 31 heavy (non-hydrogen) atoms. The topological polar surface area (TPSA) is 79.3 Å². The fourth-order valence-electron chi connectivity index (χ4n) is 2.91. The van der Waals surface area contributed by atoms with Gasteiger partial charge in [-0.25, -0.2) is 4.98 Å². The second-order valence-electron chi connectivity index (χ2n) is 6.70. The van der Waals surface area contributed by atoms with Crippen molar-refractivity contribution in [3.63, 3.8) is 0 Å². The second kappa shape index (κ2) is 9.49. The predicted octanol–water partition coefficient (Wildman–Crippen LogP) is 5.75. The Balaban J connectivity index is 1.73. The second-order valence-corrected chi connectivity index (χ2v) is 7.97. The zero-order valence-corrected chi connectivity index (χ0v) is 17.4. The lowest BCUT2D eigenvalue weighted by Gasteiger charge is -2.15. The molecule has 0 aliphatic heterocycles. The molecule has 10 heteroatoms. The van der Waals surface area contributed by atoms with Crippen LogP contribution >= 0.6 is 22.9 Å². The molecule has 0 aliphatic rings. The van der Waals surface area contributed by atoms with E-state index in [1.165, 1.54) is 12.1 Å². The Morgan fingerprint density at radius 2 is 1.81 bits per heavy atom. The number of hydrogen-bond acceptors (Lipinski definition) is 4. The number of aromatic nitrogens is 1. The van der Waals surface area contributed by atoms with E-state index in [2.05, 4.69) is 10.3 Å². The Labute approximate surface area is 184 Å². The van der Waals surface area contributed by atoms with Crippen molar-refractivity contribution >= 4 is 39.9 Å². The van der Waals surface area contributed by atoms with Crippen LogP contribution in [-0.2, 0) is 22.2 Å². The third-order valence-electron chi connectivity index (χ3n) is 4.44. The summed E-state index contributed by atoms with van der Waals surface area (Å²) in [5.41, 5.74) is 0.854. The third kappa shape index (κ3) is 6.05. The molecule has 1 atom stereocenters. The molecule has 2 N–H and O–H groups in total. The van der Waals surface area contributed by atoms with Crippen molar-refractivity contribution < 1.29 is 27.9 Å². The molecular formula is C21H16ClF3N2O3S. The zero-order valence-electron chi connectivity index (χ0n) is 15.8. The van der Waals surface area contributed by atoms with E-state index in [4.69, 9.17) is 16.7 Å². The van der Waals surface area contributed by atoms with Gasteiger partial charge in [0.2, 0.25) is 5.91 Å². The van der Waals surface area contributed by atoms with Crippen LogP contribution in [0.25, 0.3) is 11.3 Å². The third-order valence-corrected chi connectivity index (χ3v) is 5.53. The quantitative estimate of drug-likeness (QED) is 0.462. The first-order chi connectivity index (χ1) is 14.6. The molecule has 0 saturated carbocycles. The molecule has 0 radical (unpaired) electrons. The summed E-state index contributed by atoms with van der Waals surface area (Å²) in [6.45, 7) is 0. The average molecular weight is 469 g/mol. The van der Waals surface area contributed by atoms with Crippen LogP contribution in [0.3, 0.4) is 0 Å². The molecule has 0 spiro atoms. The fraction of sp³-hybridized carbons (Fsp3) is 0.190. The van der Waals surface area contributed by atoms with Crippen molar-refractivity contribution in [2.24, 2.45) is 5.92 Å². The molecular weight excluding hydrogens is 453 g/mol. The van der Waals surface area contributed by atoms with E-state index >= 15 is 0 Å². The van der Waals surface area contributed by atoms with Gasteiger partial charge in [-0.05, 0) is 30.2 Å². The molecule has 0 unspecified atom stereocenters. The summed E-state index contributed by atoms with van der Waals surface area (Å²) in [5.74, 6) is -2.76. The minimum atomic E-state index is -4.47. The number of carboxylic acid groups (broad SMARTS) is 1. The van der Waals surface area contributed by atoms with Crippen LogP contribution in [0.5, 0.6) is 0 Å². The van der Waals surface area contributed by atoms with Gasteiger partial charge in [-0.2, -0.15) is 13.2 Å². The van der Waals surface area contributed by atoms with Gasteiger partial charge in [-0.15, -0.1) is 11.3 Å². The molecule has 0 fully saturated rings. The molecule has 3 rings (SSSR count). The molecule has 0 saturated heterocycles. The Bertz CT molecular complexity index is 1080. The summed E-state index contributed by atoms with van der Waals surface area (Å²) in [7, 11) is 0. The van der Waals surface area contributed by atoms with Gasteiger partial charge >= 0.3 is 12.1 Å². The van der Waals surface area contributed by atoms with E-state index < -0.39 is 36.0 Å². The summed E-state index contributed by atoms with van der Waals surface area (Å²) in [5, 5.41) is 14.2. The molecule has 162 valence electrons. The van der Waals surface area contributed by atoms with Crippen molar-refractivity contribution in [3.05, 3.63) is 70.1 Å². The molecule has 0 aliphatic carbocycles. The molecule has 2 aromatic carbocycles. The Morgan fingerprint density at radius 3 is 2.42 bits per heavy atom. The Morgan fingerprint density at radius 1 is 1.13 bits per heavy atom. The lowest BCUT2D eigenvalue weighted by Crippen LogP contribution is -2.27.